The van der Waals surface area contributed by atoms with Crippen LogP contribution >= 0.6 is 0 Å². The fraction of sp³-hybridized carbons (Fsp3) is 0.0625. The molecule has 0 saturated carbocycles. The highest BCUT2D eigenvalue weighted by Gasteiger charge is 2.38. The Kier molecular flexibility index (Phi) is 4.06. The molecule has 9 aromatic rings. The van der Waals surface area contributed by atoms with Gasteiger partial charge in [0.2, 0.25) is 0 Å². The molecule has 0 bridgehead atoms. The van der Waals surface area contributed by atoms with Gasteiger partial charge in [0, 0.05) is 46.8 Å². The number of benzene rings is 7. The van der Waals surface area contributed by atoms with Crippen LogP contribution in [0.5, 0.6) is 0 Å². The first kappa shape index (κ1) is 18.0. The van der Waals surface area contributed by atoms with E-state index in [9.17, 15) is 5.48 Å². The normalized spacial score (nSPS) is 17.8. The lowest BCUT2D eigenvalue weighted by molar-refractivity contribution is 0.666. The molecule has 0 fully saturated rings. The van der Waals surface area contributed by atoms with Crippen LogP contribution in [0.25, 0.3) is 83.9 Å². The van der Waals surface area contributed by atoms with E-state index in [-0.39, 0.29) is 27.9 Å². The van der Waals surface area contributed by atoms with Crippen molar-refractivity contribution in [3.63, 3.8) is 0 Å². The Morgan fingerprint density at radius 3 is 1.90 bits per heavy atom. The zero-order chi connectivity index (χ0) is 48.5. The van der Waals surface area contributed by atoms with E-state index in [2.05, 4.69) is 0 Å². The first-order valence-electron chi connectivity index (χ1n) is 24.5. The van der Waals surface area contributed by atoms with Gasteiger partial charge in [-0.25, -0.2) is 15.0 Å². The molecule has 4 nitrogen and oxygen atoms in total. The Morgan fingerprint density at radius 2 is 1.13 bits per heavy atom. The number of hydrogen-bond acceptors (Lipinski definition) is 3. The van der Waals surface area contributed by atoms with Crippen LogP contribution in [-0.4, -0.2) is 19.5 Å². The summed E-state index contributed by atoms with van der Waals surface area (Å²) in [5.41, 5.74) is -2.86. The molecule has 2 heterocycles. The van der Waals surface area contributed by atoms with Crippen LogP contribution in [0.15, 0.2) is 170 Å². The molecule has 10 rings (SSSR count). The van der Waals surface area contributed by atoms with E-state index in [4.69, 9.17) is 31.4 Å². The van der Waals surface area contributed by atoms with Crippen LogP contribution in [0, 0.1) is 0 Å². The standard InChI is InChI=1S/C48H34N4/c1-48(2)40-25-11-9-23-37(40)38-27-28-42-43(44(38)48)39-24-10-12-26-41(39)52(42)36-22-14-21-35(30-36)47-50-45(32-17-7-4-8-18-32)49-46(51-47)34-20-13-19-33(29-34)31-15-5-3-6-16-31/h3-30H,1-2H3/i1D3,2D3,9D,10D,11D,12D,23D,24D,25D,26D,27D,28D. The maximum absolute atomic E-state index is 9.64. The molecule has 0 N–H and O–H groups in total. The van der Waals surface area contributed by atoms with Crippen molar-refractivity contribution in [3.05, 3.63) is 181 Å². The second kappa shape index (κ2) is 11.7. The zero-order valence-electron chi connectivity index (χ0n) is 43.2. The summed E-state index contributed by atoms with van der Waals surface area (Å²) in [5.74, 6) is 0.832. The number of aromatic nitrogens is 4. The number of hydrogen-bond donors (Lipinski definition) is 0. The van der Waals surface area contributed by atoms with E-state index in [1.54, 1.807) is 24.3 Å². The quantitative estimate of drug-likeness (QED) is 0.181. The SMILES string of the molecule is [2H]c1c([2H])c([2H])c2c(c1[2H])-c1c([2H])c([2H])c3c(c1C2(C([2H])([2H])[2H])C([2H])([2H])[2H])c1c([2H])c([2H])c([2H])c([2H])c1n3-c1cccc(-c2nc(-c3ccccc3)nc(-c3cccc(-c4ccccc4)c3)n2)c1. The van der Waals surface area contributed by atoms with Crippen molar-refractivity contribution in [2.24, 2.45) is 0 Å². The fourth-order valence-electron chi connectivity index (χ4n) is 7.00. The Balaban J connectivity index is 1.32. The fourth-order valence-corrected chi connectivity index (χ4v) is 7.00. The summed E-state index contributed by atoms with van der Waals surface area (Å²) >= 11 is 0. The van der Waals surface area contributed by atoms with Crippen molar-refractivity contribution in [2.45, 2.75) is 19.1 Å². The molecule has 0 saturated heterocycles. The van der Waals surface area contributed by atoms with Crippen molar-refractivity contribution in [1.29, 1.82) is 0 Å². The smallest absolute Gasteiger partial charge is 0.164 e. The van der Waals surface area contributed by atoms with Crippen molar-refractivity contribution in [3.8, 4) is 62.1 Å². The summed E-state index contributed by atoms with van der Waals surface area (Å²) < 4.78 is 146. The maximum Gasteiger partial charge on any atom is 0.164 e. The molecule has 0 spiro atoms. The molecule has 1 aliphatic rings. The van der Waals surface area contributed by atoms with Crippen molar-refractivity contribution in [1.82, 2.24) is 19.5 Å². The van der Waals surface area contributed by atoms with Gasteiger partial charge in [-0.15, -0.1) is 0 Å². The summed E-state index contributed by atoms with van der Waals surface area (Å²) in [5, 5.41) is -0.810. The van der Waals surface area contributed by atoms with E-state index in [1.807, 2.05) is 84.9 Å². The molecule has 0 radical (unpaired) electrons. The maximum atomic E-state index is 9.64. The third-order valence-electron chi connectivity index (χ3n) is 9.35. The molecular weight excluding hydrogens is 633 g/mol. The van der Waals surface area contributed by atoms with Gasteiger partial charge < -0.3 is 4.57 Å². The molecule has 1 aliphatic carbocycles. The van der Waals surface area contributed by atoms with E-state index in [1.165, 1.54) is 4.57 Å². The summed E-state index contributed by atoms with van der Waals surface area (Å²) in [6, 6.07) is 25.3. The van der Waals surface area contributed by atoms with Gasteiger partial charge in [-0.2, -0.15) is 0 Å². The second-order valence-electron chi connectivity index (χ2n) is 12.5. The van der Waals surface area contributed by atoms with Crippen LogP contribution in [0.3, 0.4) is 0 Å². The highest BCUT2D eigenvalue weighted by atomic mass is 15.0. The van der Waals surface area contributed by atoms with Crippen LogP contribution in [0.2, 0.25) is 0 Å². The van der Waals surface area contributed by atoms with Gasteiger partial charge in [-0.05, 0) is 63.7 Å². The van der Waals surface area contributed by atoms with Gasteiger partial charge in [-0.1, -0.05) is 153 Å². The zero-order valence-corrected chi connectivity index (χ0v) is 27.2. The van der Waals surface area contributed by atoms with E-state index < -0.39 is 107 Å². The Bertz CT molecular complexity index is 3590. The number of fused-ring (bicyclic) bond motifs is 7. The average molecular weight is 683 g/mol. The summed E-state index contributed by atoms with van der Waals surface area (Å²) in [4.78, 5) is 14.7. The summed E-state index contributed by atoms with van der Waals surface area (Å²) in [7, 11) is 0. The van der Waals surface area contributed by atoms with E-state index >= 15 is 0 Å². The Morgan fingerprint density at radius 1 is 0.519 bits per heavy atom. The van der Waals surface area contributed by atoms with Crippen LogP contribution in [-0.2, 0) is 5.41 Å². The van der Waals surface area contributed by atoms with Crippen LogP contribution in [0.4, 0.5) is 0 Å². The lowest BCUT2D eigenvalue weighted by Gasteiger charge is -2.22. The number of rotatable bonds is 5. The first-order chi connectivity index (χ1) is 32.2. The van der Waals surface area contributed by atoms with Gasteiger partial charge >= 0.3 is 0 Å². The number of para-hydroxylation sites is 1. The third-order valence-corrected chi connectivity index (χ3v) is 9.35. The molecule has 0 amide bonds. The third kappa shape index (κ3) is 4.72. The van der Waals surface area contributed by atoms with Crippen molar-refractivity contribution < 1.29 is 21.9 Å². The average Bonchev–Trinajstić information content (AvgIpc) is 3.87. The van der Waals surface area contributed by atoms with Gasteiger partial charge in [0.1, 0.15) is 0 Å². The summed E-state index contributed by atoms with van der Waals surface area (Å²) in [6.45, 7) is -7.29. The minimum absolute atomic E-state index is 0.128. The summed E-state index contributed by atoms with van der Waals surface area (Å²) in [6.07, 6.45) is 0. The minimum Gasteiger partial charge on any atom is -0.309 e. The van der Waals surface area contributed by atoms with Gasteiger partial charge in [0.25, 0.3) is 0 Å². The van der Waals surface area contributed by atoms with Crippen molar-refractivity contribution >= 4 is 21.8 Å². The van der Waals surface area contributed by atoms with Gasteiger partial charge in [-0.3, -0.25) is 0 Å². The highest BCUT2D eigenvalue weighted by molar-refractivity contribution is 6.14. The molecule has 246 valence electrons. The predicted molar refractivity (Wildman–Crippen MR) is 213 cm³/mol. The highest BCUT2D eigenvalue weighted by Crippen LogP contribution is 2.53. The topological polar surface area (TPSA) is 43.6 Å². The molecule has 0 atom stereocenters. The number of nitrogens with zero attached hydrogens (tertiary/aromatic N) is 4. The predicted octanol–water partition coefficient (Wildman–Crippen LogP) is 11.9. The van der Waals surface area contributed by atoms with Crippen LogP contribution < -0.4 is 0 Å². The second-order valence-corrected chi connectivity index (χ2v) is 12.5. The molecule has 2 aromatic heterocycles. The van der Waals surface area contributed by atoms with Gasteiger partial charge in [0.05, 0.1) is 24.7 Å². The van der Waals surface area contributed by atoms with E-state index in [0.29, 0.717) is 28.3 Å². The molecule has 0 aliphatic heterocycles. The lowest BCUT2D eigenvalue weighted by Crippen LogP contribution is -2.15. The monoisotopic (exact) mass is 682 g/mol. The largest absolute Gasteiger partial charge is 0.309 e. The minimum atomic E-state index is -3.65. The lowest BCUT2D eigenvalue weighted by atomic mass is 9.80. The Hall–Kier alpha value is -6.65. The van der Waals surface area contributed by atoms with Gasteiger partial charge in [0.15, 0.2) is 17.5 Å². The Labute approximate surface area is 325 Å². The molecule has 0 unspecified atom stereocenters. The molecular formula is C48H34N4. The molecule has 52 heavy (non-hydrogen) atoms. The first-order valence-corrected chi connectivity index (χ1v) is 16.5. The molecule has 7 aromatic carbocycles. The van der Waals surface area contributed by atoms with Crippen LogP contribution in [0.1, 0.15) is 46.8 Å². The van der Waals surface area contributed by atoms with E-state index in [0.717, 1.165) is 11.1 Å². The molecule has 4 heteroatoms. The van der Waals surface area contributed by atoms with Crippen molar-refractivity contribution in [2.75, 3.05) is 0 Å².